The molecule has 0 amide bonds. The molecule has 0 aromatic heterocycles. The lowest BCUT2D eigenvalue weighted by atomic mass is 9.92. The average molecular weight is 268 g/mol. The maximum atomic E-state index is 5.87. The second-order valence-electron chi connectivity index (χ2n) is 6.10. The summed E-state index contributed by atoms with van der Waals surface area (Å²) in [4.78, 5) is 2.60. The molecule has 1 aliphatic rings. The number of fused-ring (bicyclic) bond motifs is 1. The van der Waals surface area contributed by atoms with Crippen LogP contribution in [0.3, 0.4) is 0 Å². The third-order valence-corrected chi connectivity index (χ3v) is 4.70. The molecule has 2 unspecified atom stereocenters. The normalized spacial score (nSPS) is 24.1. The van der Waals surface area contributed by atoms with E-state index < -0.39 is 0 Å². The topological polar surface area (TPSA) is 29.3 Å². The minimum absolute atomic E-state index is 0.664. The van der Waals surface area contributed by atoms with Crippen LogP contribution in [0.2, 0.25) is 0 Å². The fourth-order valence-electron chi connectivity index (χ4n) is 3.32. The number of piperidine rings is 1. The summed E-state index contributed by atoms with van der Waals surface area (Å²) in [5.41, 5.74) is 7.31. The Labute approximate surface area is 121 Å². The van der Waals surface area contributed by atoms with Crippen molar-refractivity contribution in [3.8, 4) is 0 Å². The molecule has 0 bridgehead atoms. The quantitative estimate of drug-likeness (QED) is 0.924. The first-order valence-electron chi connectivity index (χ1n) is 7.68. The molecule has 1 heterocycles. The van der Waals surface area contributed by atoms with E-state index in [1.807, 2.05) is 0 Å². The summed E-state index contributed by atoms with van der Waals surface area (Å²) in [5, 5.41) is 2.72. The number of benzene rings is 2. The van der Waals surface area contributed by atoms with E-state index in [0.29, 0.717) is 12.0 Å². The van der Waals surface area contributed by atoms with Gasteiger partial charge >= 0.3 is 0 Å². The SMILES string of the molecule is CC1CCC(CN)CN1Cc1cccc2ccccc12. The largest absolute Gasteiger partial charge is 0.330 e. The Morgan fingerprint density at radius 2 is 1.90 bits per heavy atom. The minimum Gasteiger partial charge on any atom is -0.330 e. The van der Waals surface area contributed by atoms with E-state index >= 15 is 0 Å². The third-order valence-electron chi connectivity index (χ3n) is 4.70. The van der Waals surface area contributed by atoms with Crippen LogP contribution in [0.4, 0.5) is 0 Å². The zero-order valence-electron chi connectivity index (χ0n) is 12.3. The molecule has 0 radical (unpaired) electrons. The lowest BCUT2D eigenvalue weighted by molar-refractivity contribution is 0.114. The number of nitrogens with two attached hydrogens (primary N) is 1. The van der Waals surface area contributed by atoms with Gasteiger partial charge in [0.25, 0.3) is 0 Å². The van der Waals surface area contributed by atoms with Crippen LogP contribution >= 0.6 is 0 Å². The van der Waals surface area contributed by atoms with E-state index in [0.717, 1.165) is 19.6 Å². The van der Waals surface area contributed by atoms with Gasteiger partial charge in [-0.05, 0) is 48.6 Å². The smallest absolute Gasteiger partial charge is 0.0242 e. The van der Waals surface area contributed by atoms with Crippen LogP contribution in [0.15, 0.2) is 42.5 Å². The molecule has 0 spiro atoms. The summed E-state index contributed by atoms with van der Waals surface area (Å²) in [5.74, 6) is 0.668. The highest BCUT2D eigenvalue weighted by atomic mass is 15.2. The van der Waals surface area contributed by atoms with Crippen molar-refractivity contribution in [2.24, 2.45) is 11.7 Å². The summed E-state index contributed by atoms with van der Waals surface area (Å²) < 4.78 is 0. The molecule has 2 N–H and O–H groups in total. The third kappa shape index (κ3) is 2.72. The van der Waals surface area contributed by atoms with E-state index in [2.05, 4.69) is 54.3 Å². The van der Waals surface area contributed by atoms with Crippen LogP contribution in [0.25, 0.3) is 10.8 Å². The van der Waals surface area contributed by atoms with Crippen LogP contribution < -0.4 is 5.73 Å². The molecule has 20 heavy (non-hydrogen) atoms. The number of rotatable bonds is 3. The number of hydrogen-bond donors (Lipinski definition) is 1. The number of hydrogen-bond acceptors (Lipinski definition) is 2. The Morgan fingerprint density at radius 1 is 1.10 bits per heavy atom. The van der Waals surface area contributed by atoms with E-state index in [-0.39, 0.29) is 0 Å². The summed E-state index contributed by atoms with van der Waals surface area (Å²) in [7, 11) is 0. The van der Waals surface area contributed by atoms with Gasteiger partial charge in [0.1, 0.15) is 0 Å². The van der Waals surface area contributed by atoms with Crippen molar-refractivity contribution in [1.82, 2.24) is 4.90 Å². The maximum absolute atomic E-state index is 5.87. The first-order valence-corrected chi connectivity index (χ1v) is 7.68. The fraction of sp³-hybridized carbons (Fsp3) is 0.444. The first-order chi connectivity index (χ1) is 9.78. The van der Waals surface area contributed by atoms with Gasteiger partial charge in [0.05, 0.1) is 0 Å². The second kappa shape index (κ2) is 5.94. The van der Waals surface area contributed by atoms with E-state index in [9.17, 15) is 0 Å². The van der Waals surface area contributed by atoms with Crippen molar-refractivity contribution in [2.75, 3.05) is 13.1 Å². The molecule has 2 aromatic rings. The molecule has 106 valence electrons. The van der Waals surface area contributed by atoms with Crippen LogP contribution in [-0.2, 0) is 6.54 Å². The predicted molar refractivity (Wildman–Crippen MR) is 85.6 cm³/mol. The molecule has 3 rings (SSSR count). The molecule has 2 aromatic carbocycles. The molecule has 0 aliphatic carbocycles. The Morgan fingerprint density at radius 3 is 2.75 bits per heavy atom. The van der Waals surface area contributed by atoms with Gasteiger partial charge in [-0.3, -0.25) is 4.90 Å². The second-order valence-corrected chi connectivity index (χ2v) is 6.10. The van der Waals surface area contributed by atoms with E-state index in [1.54, 1.807) is 0 Å². The van der Waals surface area contributed by atoms with Crippen LogP contribution in [0, 0.1) is 5.92 Å². The monoisotopic (exact) mass is 268 g/mol. The van der Waals surface area contributed by atoms with Crippen molar-refractivity contribution < 1.29 is 0 Å². The van der Waals surface area contributed by atoms with Gasteiger partial charge in [-0.1, -0.05) is 42.5 Å². The lowest BCUT2D eigenvalue weighted by Gasteiger charge is -2.37. The molecule has 1 saturated heterocycles. The van der Waals surface area contributed by atoms with E-state index in [1.165, 1.54) is 29.2 Å². The Bertz CT molecular complexity index is 573. The summed E-state index contributed by atoms with van der Waals surface area (Å²) in [6, 6.07) is 16.0. The van der Waals surface area contributed by atoms with Crippen molar-refractivity contribution in [2.45, 2.75) is 32.4 Å². The fourth-order valence-corrected chi connectivity index (χ4v) is 3.32. The van der Waals surface area contributed by atoms with Crippen LogP contribution in [0.1, 0.15) is 25.3 Å². The lowest BCUT2D eigenvalue weighted by Crippen LogP contribution is -2.43. The van der Waals surface area contributed by atoms with Gasteiger partial charge in [0, 0.05) is 19.1 Å². The molecule has 1 aliphatic heterocycles. The van der Waals surface area contributed by atoms with Crippen LogP contribution in [-0.4, -0.2) is 24.0 Å². The molecule has 1 fully saturated rings. The van der Waals surface area contributed by atoms with Crippen molar-refractivity contribution in [1.29, 1.82) is 0 Å². The molecular formula is C18H24N2. The standard InChI is InChI=1S/C18H24N2/c1-14-9-10-15(11-19)12-20(14)13-17-7-4-6-16-5-2-3-8-18(16)17/h2-8,14-15H,9-13,19H2,1H3. The van der Waals surface area contributed by atoms with Gasteiger partial charge in [-0.25, -0.2) is 0 Å². The predicted octanol–water partition coefficient (Wildman–Crippen LogP) is 3.40. The zero-order chi connectivity index (χ0) is 13.9. The Kier molecular flexibility index (Phi) is 4.04. The zero-order valence-corrected chi connectivity index (χ0v) is 12.3. The Hall–Kier alpha value is -1.38. The maximum Gasteiger partial charge on any atom is 0.0242 e. The number of likely N-dealkylation sites (tertiary alicyclic amines) is 1. The minimum atomic E-state index is 0.664. The molecular weight excluding hydrogens is 244 g/mol. The van der Waals surface area contributed by atoms with Crippen molar-refractivity contribution in [3.05, 3.63) is 48.0 Å². The average Bonchev–Trinajstić information content (AvgIpc) is 2.50. The molecule has 2 nitrogen and oxygen atoms in total. The van der Waals surface area contributed by atoms with Crippen LogP contribution in [0.5, 0.6) is 0 Å². The molecule has 2 heteroatoms. The van der Waals surface area contributed by atoms with Crippen molar-refractivity contribution in [3.63, 3.8) is 0 Å². The summed E-state index contributed by atoms with van der Waals surface area (Å²) in [6.07, 6.45) is 2.55. The molecule has 0 saturated carbocycles. The Balaban J connectivity index is 1.85. The van der Waals surface area contributed by atoms with Gasteiger partial charge in [0.2, 0.25) is 0 Å². The highest BCUT2D eigenvalue weighted by Gasteiger charge is 2.24. The highest BCUT2D eigenvalue weighted by Crippen LogP contribution is 2.26. The van der Waals surface area contributed by atoms with Gasteiger partial charge in [-0.15, -0.1) is 0 Å². The van der Waals surface area contributed by atoms with E-state index in [4.69, 9.17) is 5.73 Å². The number of nitrogens with zero attached hydrogens (tertiary/aromatic N) is 1. The van der Waals surface area contributed by atoms with Gasteiger partial charge < -0.3 is 5.73 Å². The highest BCUT2D eigenvalue weighted by molar-refractivity contribution is 5.85. The van der Waals surface area contributed by atoms with Crippen molar-refractivity contribution >= 4 is 10.8 Å². The first kappa shape index (κ1) is 13.6. The molecule has 2 atom stereocenters. The van der Waals surface area contributed by atoms with Gasteiger partial charge in [0.15, 0.2) is 0 Å². The van der Waals surface area contributed by atoms with Gasteiger partial charge in [-0.2, -0.15) is 0 Å². The summed E-state index contributed by atoms with van der Waals surface area (Å²) >= 11 is 0. The summed E-state index contributed by atoms with van der Waals surface area (Å²) in [6.45, 7) is 5.34.